The molecule has 0 radical (unpaired) electrons. The van der Waals surface area contributed by atoms with Crippen molar-refractivity contribution in [3.63, 3.8) is 0 Å². The Morgan fingerprint density at radius 1 is 1.12 bits per heavy atom. The molecule has 1 aliphatic carbocycles. The van der Waals surface area contributed by atoms with Crippen LogP contribution < -0.4 is 9.47 Å². The van der Waals surface area contributed by atoms with E-state index in [2.05, 4.69) is 5.10 Å². The fourth-order valence-electron chi connectivity index (χ4n) is 3.47. The fraction of sp³-hybridized carbons (Fsp3) is 0.208. The van der Waals surface area contributed by atoms with Crippen molar-refractivity contribution in [2.75, 3.05) is 7.11 Å². The van der Waals surface area contributed by atoms with Crippen LogP contribution in [-0.2, 0) is 12.8 Å². The molecule has 0 amide bonds. The second kappa shape index (κ2) is 9.31. The van der Waals surface area contributed by atoms with Crippen molar-refractivity contribution in [2.24, 2.45) is 0 Å². The van der Waals surface area contributed by atoms with Crippen LogP contribution in [0.3, 0.4) is 0 Å². The quantitative estimate of drug-likeness (QED) is 0.292. The summed E-state index contributed by atoms with van der Waals surface area (Å²) in [7, 11) is 1.50. The summed E-state index contributed by atoms with van der Waals surface area (Å²) in [6, 6.07) is 11.9. The predicted molar refractivity (Wildman–Crippen MR) is 118 cm³/mol. The minimum absolute atomic E-state index is 0.156. The third-order valence-electron chi connectivity index (χ3n) is 5.10. The number of rotatable bonds is 6. The van der Waals surface area contributed by atoms with Crippen LogP contribution in [0.2, 0.25) is 0 Å². The van der Waals surface area contributed by atoms with Gasteiger partial charge in [-0.2, -0.15) is 18.3 Å². The lowest BCUT2D eigenvalue weighted by Gasteiger charge is -2.18. The van der Waals surface area contributed by atoms with Crippen molar-refractivity contribution in [1.29, 1.82) is 0 Å². The van der Waals surface area contributed by atoms with Gasteiger partial charge in [-0.1, -0.05) is 24.3 Å². The lowest BCUT2D eigenvalue weighted by Crippen LogP contribution is -2.16. The Kier molecular flexibility index (Phi) is 6.47. The van der Waals surface area contributed by atoms with E-state index in [1.807, 2.05) is 6.08 Å². The summed E-state index contributed by atoms with van der Waals surface area (Å²) in [6.07, 6.45) is 1.09. The standard InChI is InChI=1S/C24H19ClF4N2O2/c1-32-22-11-8-16(26)12-19(22)15-6-9-18(10-7-15)33-14-17-13-23(24(27,28)29)30-31(17)21-5-3-2-4-20(21)25/h2-3,5-13,20H,4,14H2,1H3. The van der Waals surface area contributed by atoms with Crippen molar-refractivity contribution >= 4 is 17.3 Å². The number of aromatic nitrogens is 2. The summed E-state index contributed by atoms with van der Waals surface area (Å²) >= 11 is 6.30. The molecule has 1 aliphatic rings. The molecule has 1 atom stereocenters. The number of benzene rings is 2. The third kappa shape index (κ3) is 5.06. The number of methoxy groups -OCH3 is 1. The van der Waals surface area contributed by atoms with E-state index in [4.69, 9.17) is 21.1 Å². The number of halogens is 5. The molecular formula is C24H19ClF4N2O2. The van der Waals surface area contributed by atoms with Gasteiger partial charge in [0.2, 0.25) is 0 Å². The highest BCUT2D eigenvalue weighted by Crippen LogP contribution is 2.34. The summed E-state index contributed by atoms with van der Waals surface area (Å²) in [5.41, 5.74) is 0.913. The topological polar surface area (TPSA) is 36.3 Å². The third-order valence-corrected chi connectivity index (χ3v) is 5.50. The monoisotopic (exact) mass is 478 g/mol. The van der Waals surface area contributed by atoms with Crippen molar-refractivity contribution < 1.29 is 27.0 Å². The second-order valence-corrected chi connectivity index (χ2v) is 7.84. The molecule has 0 aliphatic heterocycles. The molecule has 1 unspecified atom stereocenters. The number of hydrogen-bond donors (Lipinski definition) is 0. The molecular weight excluding hydrogens is 460 g/mol. The zero-order chi connectivity index (χ0) is 23.6. The van der Waals surface area contributed by atoms with E-state index in [9.17, 15) is 17.6 Å². The molecule has 1 aromatic heterocycles. The van der Waals surface area contributed by atoms with Crippen LogP contribution in [-0.4, -0.2) is 22.3 Å². The minimum atomic E-state index is -4.60. The normalized spacial score (nSPS) is 15.9. The molecule has 0 fully saturated rings. The van der Waals surface area contributed by atoms with Gasteiger partial charge in [-0.05, 0) is 54.5 Å². The highest BCUT2D eigenvalue weighted by molar-refractivity contribution is 6.25. The first-order valence-electron chi connectivity index (χ1n) is 10.0. The van der Waals surface area contributed by atoms with E-state index in [1.165, 1.54) is 30.0 Å². The first-order valence-corrected chi connectivity index (χ1v) is 10.4. The zero-order valence-electron chi connectivity index (χ0n) is 17.4. The maximum atomic E-state index is 13.7. The van der Waals surface area contributed by atoms with Crippen molar-refractivity contribution in [2.45, 2.75) is 24.6 Å². The van der Waals surface area contributed by atoms with Crippen LogP contribution >= 0.6 is 11.6 Å². The number of ether oxygens (including phenoxy) is 2. The maximum absolute atomic E-state index is 13.7. The van der Waals surface area contributed by atoms with E-state index in [-0.39, 0.29) is 12.3 Å². The lowest BCUT2D eigenvalue weighted by atomic mass is 10.0. The number of hydrogen-bond acceptors (Lipinski definition) is 3. The molecule has 3 aromatic rings. The highest BCUT2D eigenvalue weighted by Gasteiger charge is 2.36. The second-order valence-electron chi connectivity index (χ2n) is 7.31. The van der Waals surface area contributed by atoms with Crippen LogP contribution in [0.4, 0.5) is 17.6 Å². The van der Waals surface area contributed by atoms with Gasteiger partial charge in [-0.25, -0.2) is 9.07 Å². The van der Waals surface area contributed by atoms with E-state index in [1.54, 1.807) is 36.4 Å². The fourth-order valence-corrected chi connectivity index (χ4v) is 3.74. The van der Waals surface area contributed by atoms with Gasteiger partial charge in [-0.15, -0.1) is 11.6 Å². The summed E-state index contributed by atoms with van der Waals surface area (Å²) in [6.45, 7) is -0.156. The average molecular weight is 479 g/mol. The molecule has 33 heavy (non-hydrogen) atoms. The Bertz CT molecular complexity index is 1200. The molecule has 0 bridgehead atoms. The van der Waals surface area contributed by atoms with Crippen LogP contribution in [0.5, 0.6) is 11.5 Å². The molecule has 0 spiro atoms. The van der Waals surface area contributed by atoms with Crippen LogP contribution in [0.1, 0.15) is 17.8 Å². The molecule has 172 valence electrons. The van der Waals surface area contributed by atoms with E-state index < -0.39 is 23.1 Å². The predicted octanol–water partition coefficient (Wildman–Crippen LogP) is 6.70. The van der Waals surface area contributed by atoms with Crippen LogP contribution in [0.25, 0.3) is 16.8 Å². The SMILES string of the molecule is COc1ccc(F)cc1-c1ccc(OCc2cc(C(F)(F)F)nn2C2=CC=CCC2Cl)cc1. The Hall–Kier alpha value is -3.26. The Morgan fingerprint density at radius 2 is 1.88 bits per heavy atom. The number of nitrogens with zero attached hydrogens (tertiary/aromatic N) is 2. The van der Waals surface area contributed by atoms with Crippen molar-refractivity contribution in [3.8, 4) is 22.6 Å². The first kappa shape index (κ1) is 22.9. The molecule has 1 heterocycles. The van der Waals surface area contributed by atoms with Crippen LogP contribution in [0.15, 0.2) is 66.8 Å². The maximum Gasteiger partial charge on any atom is 0.435 e. The van der Waals surface area contributed by atoms with Gasteiger partial charge in [0.05, 0.1) is 23.9 Å². The van der Waals surface area contributed by atoms with Gasteiger partial charge < -0.3 is 9.47 Å². The zero-order valence-corrected chi connectivity index (χ0v) is 18.2. The molecule has 4 nitrogen and oxygen atoms in total. The molecule has 0 saturated heterocycles. The van der Waals surface area contributed by atoms with Crippen LogP contribution in [0, 0.1) is 5.82 Å². The van der Waals surface area contributed by atoms with Gasteiger partial charge in [0.1, 0.15) is 23.9 Å². The summed E-state index contributed by atoms with van der Waals surface area (Å²) in [5, 5.41) is 3.22. The van der Waals surface area contributed by atoms with Gasteiger partial charge in [0, 0.05) is 5.56 Å². The van der Waals surface area contributed by atoms with E-state index in [0.717, 1.165) is 6.07 Å². The molecule has 4 rings (SSSR count). The van der Waals surface area contributed by atoms with Gasteiger partial charge in [0.25, 0.3) is 0 Å². The van der Waals surface area contributed by atoms with E-state index >= 15 is 0 Å². The first-order chi connectivity index (χ1) is 15.8. The summed E-state index contributed by atoms with van der Waals surface area (Å²) in [5.74, 6) is 0.541. The van der Waals surface area contributed by atoms with Crippen molar-refractivity contribution in [3.05, 3.63) is 84.0 Å². The van der Waals surface area contributed by atoms with Gasteiger partial charge in [-0.3, -0.25) is 0 Å². The van der Waals surface area contributed by atoms with Gasteiger partial charge >= 0.3 is 6.18 Å². The highest BCUT2D eigenvalue weighted by atomic mass is 35.5. The Morgan fingerprint density at radius 3 is 2.55 bits per heavy atom. The largest absolute Gasteiger partial charge is 0.496 e. The van der Waals surface area contributed by atoms with Gasteiger partial charge in [0.15, 0.2) is 5.69 Å². The summed E-state index contributed by atoms with van der Waals surface area (Å²) < 4.78 is 65.7. The molecule has 0 saturated carbocycles. The number of alkyl halides is 4. The smallest absolute Gasteiger partial charge is 0.435 e. The molecule has 2 aromatic carbocycles. The number of allylic oxidation sites excluding steroid dienone is 4. The summed E-state index contributed by atoms with van der Waals surface area (Å²) in [4.78, 5) is 0. The minimum Gasteiger partial charge on any atom is -0.496 e. The molecule has 9 heteroatoms. The molecule has 0 N–H and O–H groups in total. The Balaban J connectivity index is 1.57. The van der Waals surface area contributed by atoms with E-state index in [0.29, 0.717) is 34.7 Å². The average Bonchev–Trinajstić information content (AvgIpc) is 3.23. The van der Waals surface area contributed by atoms with Crippen molar-refractivity contribution in [1.82, 2.24) is 9.78 Å². The Labute approximate surface area is 192 Å². The lowest BCUT2D eigenvalue weighted by molar-refractivity contribution is -0.141.